The van der Waals surface area contributed by atoms with Gasteiger partial charge in [0.15, 0.2) is 11.5 Å². The normalized spacial score (nSPS) is 15.1. The zero-order chi connectivity index (χ0) is 23.0. The van der Waals surface area contributed by atoms with E-state index in [1.54, 1.807) is 55.6 Å². The summed E-state index contributed by atoms with van der Waals surface area (Å²) >= 11 is 0. The van der Waals surface area contributed by atoms with Crippen molar-refractivity contribution in [1.29, 1.82) is 0 Å². The Hall–Kier alpha value is -2.91. The number of amides is 1. The molecule has 0 saturated heterocycles. The van der Waals surface area contributed by atoms with Gasteiger partial charge >= 0.3 is 0 Å². The Morgan fingerprint density at radius 3 is 2.41 bits per heavy atom. The number of ether oxygens (including phenoxy) is 2. The third kappa shape index (κ3) is 5.86. The number of sulfonamides is 1. The number of nitrogens with one attached hydrogen (secondary N) is 1. The second-order valence-electron chi connectivity index (χ2n) is 7.56. The number of hydrogen-bond donors (Lipinski definition) is 1. The molecule has 32 heavy (non-hydrogen) atoms. The standard InChI is InChI=1S/C23H29N3O5S/c1-30-21-14-13-18(15-22(21)31-2)16-24-25-23(27)17-26(19-9-5-3-6-10-19)32(28,29)20-11-7-4-8-12-20/h4,7-8,11-16,19H,3,5-6,9-10,17H2,1-2H3,(H,25,27)/b24-16+. The molecule has 1 aliphatic rings. The summed E-state index contributed by atoms with van der Waals surface area (Å²) in [6, 6.07) is 13.3. The van der Waals surface area contributed by atoms with Crippen LogP contribution in [0.4, 0.5) is 0 Å². The van der Waals surface area contributed by atoms with Crippen LogP contribution in [-0.2, 0) is 14.8 Å². The predicted molar refractivity (Wildman–Crippen MR) is 122 cm³/mol. The Bertz CT molecular complexity index is 1030. The maximum Gasteiger partial charge on any atom is 0.255 e. The number of rotatable bonds is 9. The van der Waals surface area contributed by atoms with Crippen LogP contribution in [0.15, 0.2) is 58.5 Å². The number of hydrogen-bond acceptors (Lipinski definition) is 6. The highest BCUT2D eigenvalue weighted by molar-refractivity contribution is 7.89. The lowest BCUT2D eigenvalue weighted by molar-refractivity contribution is -0.121. The Balaban J connectivity index is 1.72. The highest BCUT2D eigenvalue weighted by atomic mass is 32.2. The Kier molecular flexibility index (Phi) is 8.24. The van der Waals surface area contributed by atoms with Crippen molar-refractivity contribution < 1.29 is 22.7 Å². The number of nitrogens with zero attached hydrogens (tertiary/aromatic N) is 2. The summed E-state index contributed by atoms with van der Waals surface area (Å²) in [5, 5.41) is 3.98. The lowest BCUT2D eigenvalue weighted by Gasteiger charge is -2.32. The lowest BCUT2D eigenvalue weighted by atomic mass is 9.95. The molecular weight excluding hydrogens is 430 g/mol. The first-order valence-corrected chi connectivity index (χ1v) is 12.0. The van der Waals surface area contributed by atoms with E-state index in [4.69, 9.17) is 9.47 Å². The van der Waals surface area contributed by atoms with Crippen LogP contribution in [0.1, 0.15) is 37.7 Å². The molecule has 0 heterocycles. The predicted octanol–water partition coefficient (Wildman–Crippen LogP) is 3.18. The van der Waals surface area contributed by atoms with E-state index >= 15 is 0 Å². The van der Waals surface area contributed by atoms with Crippen LogP contribution in [0.3, 0.4) is 0 Å². The average molecular weight is 460 g/mol. The second kappa shape index (κ2) is 11.1. The molecule has 9 heteroatoms. The van der Waals surface area contributed by atoms with Crippen molar-refractivity contribution in [2.24, 2.45) is 5.10 Å². The summed E-state index contributed by atoms with van der Waals surface area (Å²) in [7, 11) is -0.715. The van der Waals surface area contributed by atoms with Gasteiger partial charge in [0, 0.05) is 6.04 Å². The summed E-state index contributed by atoms with van der Waals surface area (Å²) < 4.78 is 38.3. The molecule has 0 aromatic heterocycles. The van der Waals surface area contributed by atoms with Crippen molar-refractivity contribution in [2.75, 3.05) is 20.8 Å². The zero-order valence-electron chi connectivity index (χ0n) is 18.4. The van der Waals surface area contributed by atoms with E-state index in [-0.39, 0.29) is 17.5 Å². The van der Waals surface area contributed by atoms with Crippen LogP contribution < -0.4 is 14.9 Å². The highest BCUT2D eigenvalue weighted by Gasteiger charge is 2.33. The first kappa shape index (κ1) is 23.7. The molecule has 0 radical (unpaired) electrons. The van der Waals surface area contributed by atoms with Crippen molar-refractivity contribution in [3.63, 3.8) is 0 Å². The van der Waals surface area contributed by atoms with Gasteiger partial charge in [-0.25, -0.2) is 13.8 Å². The van der Waals surface area contributed by atoms with Crippen molar-refractivity contribution in [1.82, 2.24) is 9.73 Å². The van der Waals surface area contributed by atoms with Crippen LogP contribution in [0, 0.1) is 0 Å². The maximum atomic E-state index is 13.3. The molecule has 172 valence electrons. The van der Waals surface area contributed by atoms with Crippen LogP contribution in [-0.4, -0.2) is 51.7 Å². The van der Waals surface area contributed by atoms with Crippen molar-refractivity contribution >= 4 is 22.1 Å². The molecule has 0 bridgehead atoms. The maximum absolute atomic E-state index is 13.3. The molecule has 2 aromatic carbocycles. The monoisotopic (exact) mass is 459 g/mol. The van der Waals surface area contributed by atoms with Crippen molar-refractivity contribution in [3.05, 3.63) is 54.1 Å². The molecular formula is C23H29N3O5S. The van der Waals surface area contributed by atoms with Gasteiger partial charge in [0.1, 0.15) is 0 Å². The molecule has 3 rings (SSSR count). The van der Waals surface area contributed by atoms with Crippen LogP contribution >= 0.6 is 0 Å². The van der Waals surface area contributed by atoms with Gasteiger partial charge < -0.3 is 9.47 Å². The molecule has 1 N–H and O–H groups in total. The van der Waals surface area contributed by atoms with Crippen molar-refractivity contribution in [2.45, 2.75) is 43.0 Å². The van der Waals surface area contributed by atoms with Gasteiger partial charge in [-0.15, -0.1) is 0 Å². The fourth-order valence-electron chi connectivity index (χ4n) is 3.80. The van der Waals surface area contributed by atoms with E-state index in [0.29, 0.717) is 17.1 Å². The number of carbonyl (C=O) groups is 1. The number of benzene rings is 2. The molecule has 0 spiro atoms. The fourth-order valence-corrected chi connectivity index (χ4v) is 5.46. The van der Waals surface area contributed by atoms with Gasteiger partial charge in [0.25, 0.3) is 5.91 Å². The number of carbonyl (C=O) groups excluding carboxylic acids is 1. The average Bonchev–Trinajstić information content (AvgIpc) is 2.83. The van der Waals surface area contributed by atoms with Gasteiger partial charge in [0.05, 0.1) is 31.9 Å². The Labute approximate surface area is 189 Å². The van der Waals surface area contributed by atoms with E-state index in [1.165, 1.54) is 17.6 Å². The summed E-state index contributed by atoms with van der Waals surface area (Å²) in [4.78, 5) is 12.8. The smallest absolute Gasteiger partial charge is 0.255 e. The van der Waals surface area contributed by atoms with Gasteiger partial charge in [-0.1, -0.05) is 37.5 Å². The third-order valence-corrected chi connectivity index (χ3v) is 7.35. The quantitative estimate of drug-likeness (QED) is 0.459. The summed E-state index contributed by atoms with van der Waals surface area (Å²) in [5.74, 6) is 0.634. The Morgan fingerprint density at radius 2 is 1.75 bits per heavy atom. The van der Waals surface area contributed by atoms with Gasteiger partial charge in [0.2, 0.25) is 10.0 Å². The van der Waals surface area contributed by atoms with Crippen LogP contribution in [0.25, 0.3) is 0 Å². The molecule has 0 unspecified atom stereocenters. The molecule has 2 aromatic rings. The molecule has 1 fully saturated rings. The Morgan fingerprint density at radius 1 is 1.06 bits per heavy atom. The molecule has 1 amide bonds. The largest absolute Gasteiger partial charge is 0.493 e. The van der Waals surface area contributed by atoms with Gasteiger partial charge in [-0.05, 0) is 48.7 Å². The first-order valence-electron chi connectivity index (χ1n) is 10.6. The fraction of sp³-hybridized carbons (Fsp3) is 0.391. The van der Waals surface area contributed by atoms with Crippen LogP contribution in [0.5, 0.6) is 11.5 Å². The molecule has 8 nitrogen and oxygen atoms in total. The van der Waals surface area contributed by atoms with E-state index in [2.05, 4.69) is 10.5 Å². The van der Waals surface area contributed by atoms with Crippen molar-refractivity contribution in [3.8, 4) is 11.5 Å². The topological polar surface area (TPSA) is 97.3 Å². The van der Waals surface area contributed by atoms with Crippen LogP contribution in [0.2, 0.25) is 0 Å². The van der Waals surface area contributed by atoms with Gasteiger partial charge in [-0.2, -0.15) is 9.41 Å². The third-order valence-electron chi connectivity index (χ3n) is 5.44. The number of methoxy groups -OCH3 is 2. The molecule has 1 aliphatic carbocycles. The minimum atomic E-state index is -3.80. The second-order valence-corrected chi connectivity index (χ2v) is 9.45. The summed E-state index contributed by atoms with van der Waals surface area (Å²) in [6.07, 6.45) is 5.94. The molecule has 0 aliphatic heterocycles. The zero-order valence-corrected chi connectivity index (χ0v) is 19.2. The summed E-state index contributed by atoms with van der Waals surface area (Å²) in [6.45, 7) is -0.287. The highest BCUT2D eigenvalue weighted by Crippen LogP contribution is 2.28. The van der Waals surface area contributed by atoms with E-state index < -0.39 is 15.9 Å². The summed E-state index contributed by atoms with van der Waals surface area (Å²) in [5.41, 5.74) is 3.14. The first-order chi connectivity index (χ1) is 15.5. The van der Waals surface area contributed by atoms with E-state index in [0.717, 1.165) is 32.1 Å². The number of hydrazone groups is 1. The van der Waals surface area contributed by atoms with E-state index in [1.807, 2.05) is 0 Å². The molecule has 1 saturated carbocycles. The van der Waals surface area contributed by atoms with E-state index in [9.17, 15) is 13.2 Å². The lowest BCUT2D eigenvalue weighted by Crippen LogP contribution is -2.46. The minimum absolute atomic E-state index is 0.187. The minimum Gasteiger partial charge on any atom is -0.493 e. The van der Waals surface area contributed by atoms with Gasteiger partial charge in [-0.3, -0.25) is 4.79 Å². The SMILES string of the molecule is COc1ccc(/C=N/NC(=O)CN(C2CCCCC2)S(=O)(=O)c2ccccc2)cc1OC. The molecule has 0 atom stereocenters.